The van der Waals surface area contributed by atoms with E-state index in [-0.39, 0.29) is 30.5 Å². The van der Waals surface area contributed by atoms with Crippen molar-refractivity contribution in [3.63, 3.8) is 0 Å². The Balaban J connectivity index is 2.21. The number of rotatable bonds is 11. The zero-order valence-corrected chi connectivity index (χ0v) is 13.7. The zero-order chi connectivity index (χ0) is 17.1. The maximum absolute atomic E-state index is 11.8. The number of aromatic amines is 1. The molecule has 0 fully saturated rings. The van der Waals surface area contributed by atoms with Gasteiger partial charge in [-0.15, -0.1) is 10.2 Å². The van der Waals surface area contributed by atoms with E-state index in [0.29, 0.717) is 0 Å². The van der Waals surface area contributed by atoms with Gasteiger partial charge in [0.05, 0.1) is 12.5 Å². The van der Waals surface area contributed by atoms with E-state index in [1.807, 2.05) is 6.92 Å². The van der Waals surface area contributed by atoms with Gasteiger partial charge < -0.3 is 9.47 Å². The van der Waals surface area contributed by atoms with E-state index in [1.54, 1.807) is 0 Å². The van der Waals surface area contributed by atoms with Crippen LogP contribution in [0.1, 0.15) is 58.2 Å². The Morgan fingerprint density at radius 1 is 1.30 bits per heavy atom. The molecule has 0 saturated heterocycles. The highest BCUT2D eigenvalue weighted by molar-refractivity contribution is 5.93. The second-order valence-electron chi connectivity index (χ2n) is 5.33. The minimum atomic E-state index is -0.678. The van der Waals surface area contributed by atoms with Gasteiger partial charge in [-0.25, -0.2) is 4.79 Å². The second kappa shape index (κ2) is 10.5. The van der Waals surface area contributed by atoms with Gasteiger partial charge in [-0.05, 0) is 19.8 Å². The summed E-state index contributed by atoms with van der Waals surface area (Å²) in [6.45, 7) is 7.42. The summed E-state index contributed by atoms with van der Waals surface area (Å²) in [5, 5.41) is 12.9. The Labute approximate surface area is 135 Å². The third kappa shape index (κ3) is 8.08. The summed E-state index contributed by atoms with van der Waals surface area (Å²) in [6.07, 6.45) is 4.97. The van der Waals surface area contributed by atoms with Crippen LogP contribution in [-0.2, 0) is 25.7 Å². The number of ether oxygens (including phenoxy) is 2. The molecule has 0 aliphatic heterocycles. The molecule has 23 heavy (non-hydrogen) atoms. The van der Waals surface area contributed by atoms with Gasteiger partial charge in [-0.2, -0.15) is 5.21 Å². The van der Waals surface area contributed by atoms with Gasteiger partial charge in [-0.3, -0.25) is 4.79 Å². The normalized spacial score (nSPS) is 11.7. The van der Waals surface area contributed by atoms with Crippen molar-refractivity contribution in [3.05, 3.63) is 18.0 Å². The van der Waals surface area contributed by atoms with Crippen LogP contribution in [0.25, 0.3) is 0 Å². The van der Waals surface area contributed by atoms with Crippen LogP contribution in [0, 0.1) is 0 Å². The summed E-state index contributed by atoms with van der Waals surface area (Å²) >= 11 is 0. The molecular formula is C15H24N4O4. The van der Waals surface area contributed by atoms with E-state index in [9.17, 15) is 9.59 Å². The smallest absolute Gasteiger partial charge is 0.334 e. The zero-order valence-electron chi connectivity index (χ0n) is 13.7. The van der Waals surface area contributed by atoms with Crippen molar-refractivity contribution in [2.75, 3.05) is 0 Å². The van der Waals surface area contributed by atoms with Crippen LogP contribution >= 0.6 is 0 Å². The van der Waals surface area contributed by atoms with Crippen LogP contribution in [0.5, 0.6) is 0 Å². The Kier molecular flexibility index (Phi) is 8.56. The average molecular weight is 324 g/mol. The molecule has 0 aliphatic carbocycles. The van der Waals surface area contributed by atoms with Crippen molar-refractivity contribution in [1.29, 1.82) is 0 Å². The van der Waals surface area contributed by atoms with Crippen LogP contribution < -0.4 is 0 Å². The fraction of sp³-hybridized carbons (Fsp3) is 0.667. The van der Waals surface area contributed by atoms with Gasteiger partial charge in [0.1, 0.15) is 0 Å². The molecule has 0 saturated carbocycles. The topological polar surface area (TPSA) is 107 Å². The summed E-state index contributed by atoms with van der Waals surface area (Å²) in [5.41, 5.74) is 0.0386. The van der Waals surface area contributed by atoms with Crippen molar-refractivity contribution in [1.82, 2.24) is 20.6 Å². The number of tetrazole rings is 1. The first-order chi connectivity index (χ1) is 11.0. The lowest BCUT2D eigenvalue weighted by Gasteiger charge is -2.13. The van der Waals surface area contributed by atoms with Crippen molar-refractivity contribution in [2.45, 2.75) is 65.1 Å². The molecule has 1 aromatic rings. The minimum absolute atomic E-state index is 0.0386. The molecule has 128 valence electrons. The van der Waals surface area contributed by atoms with E-state index < -0.39 is 11.9 Å². The molecular weight excluding hydrogens is 300 g/mol. The second-order valence-corrected chi connectivity index (χ2v) is 5.33. The van der Waals surface area contributed by atoms with Gasteiger partial charge in [-0.1, -0.05) is 38.0 Å². The van der Waals surface area contributed by atoms with Gasteiger partial charge in [0.15, 0.2) is 6.61 Å². The molecule has 8 nitrogen and oxygen atoms in total. The number of hydrogen-bond acceptors (Lipinski definition) is 7. The number of carbonyl (C=O) groups excluding carboxylic acids is 2. The number of nitrogens with one attached hydrogen (secondary N) is 1. The molecule has 0 unspecified atom stereocenters. The fourth-order valence-electron chi connectivity index (χ4n) is 1.91. The third-order valence-corrected chi connectivity index (χ3v) is 3.16. The molecule has 0 aliphatic rings. The van der Waals surface area contributed by atoms with Crippen LogP contribution in [0.15, 0.2) is 12.2 Å². The Hall–Kier alpha value is -2.25. The van der Waals surface area contributed by atoms with Gasteiger partial charge in [0, 0.05) is 5.57 Å². The first-order valence-corrected chi connectivity index (χ1v) is 7.79. The highest BCUT2D eigenvalue weighted by Gasteiger charge is 2.17. The number of H-pyrrole nitrogens is 1. The molecule has 8 heteroatoms. The van der Waals surface area contributed by atoms with E-state index in [2.05, 4.69) is 34.1 Å². The molecule has 0 bridgehead atoms. The lowest BCUT2D eigenvalue weighted by molar-refractivity contribution is -0.150. The summed E-state index contributed by atoms with van der Waals surface area (Å²) in [5.74, 6) is -0.911. The number of hydrogen-bond donors (Lipinski definition) is 1. The quantitative estimate of drug-likeness (QED) is 0.377. The SMILES string of the molecule is C=C(CC(=O)O[C@H](C)CCCCCC)C(=O)OCc1nn[nH]n1. The van der Waals surface area contributed by atoms with E-state index in [4.69, 9.17) is 9.47 Å². The van der Waals surface area contributed by atoms with E-state index in [0.717, 1.165) is 19.3 Å². The van der Waals surface area contributed by atoms with Gasteiger partial charge in [0.2, 0.25) is 5.82 Å². The van der Waals surface area contributed by atoms with Crippen LogP contribution in [-0.4, -0.2) is 38.7 Å². The Morgan fingerprint density at radius 2 is 2.09 bits per heavy atom. The molecule has 1 aromatic heterocycles. The van der Waals surface area contributed by atoms with E-state index >= 15 is 0 Å². The van der Waals surface area contributed by atoms with Crippen molar-refractivity contribution in [2.24, 2.45) is 0 Å². The first kappa shape index (κ1) is 18.8. The molecule has 0 amide bonds. The highest BCUT2D eigenvalue weighted by Crippen LogP contribution is 2.11. The molecule has 1 N–H and O–H groups in total. The van der Waals surface area contributed by atoms with Crippen molar-refractivity contribution >= 4 is 11.9 Å². The molecule has 1 atom stereocenters. The van der Waals surface area contributed by atoms with Crippen LogP contribution in [0.2, 0.25) is 0 Å². The number of aromatic nitrogens is 4. The molecule has 0 spiro atoms. The standard InChI is InChI=1S/C15H24N4O4/c1-4-5-6-7-8-12(3)23-14(20)9-11(2)15(21)22-10-13-16-18-19-17-13/h12H,2,4-10H2,1,3H3,(H,16,17,18,19)/t12-/m1/s1. The third-order valence-electron chi connectivity index (χ3n) is 3.16. The predicted octanol–water partition coefficient (Wildman–Crippen LogP) is 2.09. The summed E-state index contributed by atoms with van der Waals surface area (Å²) in [6, 6.07) is 0. The Bertz CT molecular complexity index is 502. The van der Waals surface area contributed by atoms with E-state index in [1.165, 1.54) is 12.8 Å². The van der Waals surface area contributed by atoms with Gasteiger partial charge >= 0.3 is 11.9 Å². The lowest BCUT2D eigenvalue weighted by atomic mass is 10.1. The predicted molar refractivity (Wildman–Crippen MR) is 82.0 cm³/mol. The largest absolute Gasteiger partial charge is 0.462 e. The van der Waals surface area contributed by atoms with Crippen LogP contribution in [0.3, 0.4) is 0 Å². The molecule has 1 rings (SSSR count). The highest BCUT2D eigenvalue weighted by atomic mass is 16.5. The fourth-order valence-corrected chi connectivity index (χ4v) is 1.91. The summed E-state index contributed by atoms with van der Waals surface area (Å²) in [4.78, 5) is 23.4. The maximum atomic E-state index is 11.8. The number of nitrogens with zero attached hydrogens (tertiary/aromatic N) is 3. The summed E-state index contributed by atoms with van der Waals surface area (Å²) < 4.78 is 10.2. The number of carbonyl (C=O) groups is 2. The number of unbranched alkanes of at least 4 members (excludes halogenated alkanes) is 3. The average Bonchev–Trinajstić information content (AvgIpc) is 3.02. The van der Waals surface area contributed by atoms with Crippen molar-refractivity contribution in [3.8, 4) is 0 Å². The van der Waals surface area contributed by atoms with Crippen LogP contribution in [0.4, 0.5) is 0 Å². The Morgan fingerprint density at radius 3 is 2.74 bits per heavy atom. The minimum Gasteiger partial charge on any atom is -0.462 e. The maximum Gasteiger partial charge on any atom is 0.334 e. The lowest BCUT2D eigenvalue weighted by Crippen LogP contribution is -2.18. The molecule has 1 heterocycles. The monoisotopic (exact) mass is 324 g/mol. The molecule has 0 radical (unpaired) electrons. The first-order valence-electron chi connectivity index (χ1n) is 7.79. The number of esters is 2. The summed E-state index contributed by atoms with van der Waals surface area (Å²) in [7, 11) is 0. The molecule has 0 aromatic carbocycles. The van der Waals surface area contributed by atoms with Crippen molar-refractivity contribution < 1.29 is 19.1 Å². The van der Waals surface area contributed by atoms with Gasteiger partial charge in [0.25, 0.3) is 0 Å².